The molecule has 2 aromatic carbocycles. The maximum Gasteiger partial charge on any atom is 0.266 e. The van der Waals surface area contributed by atoms with Crippen LogP contribution in [-0.4, -0.2) is 98.4 Å². The number of amidine groups is 2. The molecule has 2 fully saturated rings. The van der Waals surface area contributed by atoms with Gasteiger partial charge in [-0.05, 0) is 69.9 Å². The molecule has 16 heteroatoms. The predicted octanol–water partition coefficient (Wildman–Crippen LogP) is 5.27. The molecule has 4 aliphatic rings. The number of nitrogens with one attached hydrogen (secondary N) is 3. The quantitative estimate of drug-likeness (QED) is 0.0978. The van der Waals surface area contributed by atoms with Crippen molar-refractivity contribution in [3.8, 4) is 17.6 Å². The monoisotopic (exact) mass is 817 g/mol. The Balaban J connectivity index is 0.899. The molecule has 296 valence electrons. The minimum Gasteiger partial charge on any atom is -0.489 e. The molecule has 2 atom stereocenters. The van der Waals surface area contributed by atoms with E-state index in [4.69, 9.17) is 32.1 Å². The Hall–Kier alpha value is -5.95. The van der Waals surface area contributed by atoms with Crippen molar-refractivity contribution in [2.45, 2.75) is 71.2 Å². The van der Waals surface area contributed by atoms with Crippen molar-refractivity contribution < 1.29 is 23.9 Å². The van der Waals surface area contributed by atoms with Crippen LogP contribution in [0.1, 0.15) is 87.4 Å². The van der Waals surface area contributed by atoms with E-state index in [2.05, 4.69) is 27.2 Å². The Bertz CT molecular complexity index is 2490. The highest BCUT2D eigenvalue weighted by atomic mass is 35.5. The summed E-state index contributed by atoms with van der Waals surface area (Å²) < 4.78 is 8.20. The molecule has 8 rings (SSSR count). The second kappa shape index (κ2) is 15.8. The summed E-state index contributed by atoms with van der Waals surface area (Å²) in [5.41, 5.74) is 4.54. The number of nitrogens with zero attached hydrogens (tertiary/aromatic N) is 6. The van der Waals surface area contributed by atoms with Crippen molar-refractivity contribution in [3.63, 3.8) is 0 Å². The Morgan fingerprint density at radius 1 is 1.02 bits per heavy atom. The Morgan fingerprint density at radius 3 is 2.50 bits per heavy atom. The summed E-state index contributed by atoms with van der Waals surface area (Å²) in [6.07, 6.45) is 5.11. The molecule has 0 spiro atoms. The summed E-state index contributed by atoms with van der Waals surface area (Å²) >= 11 is 7.65. The van der Waals surface area contributed by atoms with Crippen molar-refractivity contribution in [1.82, 2.24) is 24.9 Å². The summed E-state index contributed by atoms with van der Waals surface area (Å²) in [6.45, 7) is 8.51. The van der Waals surface area contributed by atoms with Crippen LogP contribution in [0.5, 0.6) is 5.75 Å². The van der Waals surface area contributed by atoms with Gasteiger partial charge in [-0.25, -0.2) is 0 Å². The molecule has 0 aliphatic carbocycles. The van der Waals surface area contributed by atoms with Crippen LogP contribution in [0.4, 0.5) is 5.00 Å². The standard InChI is InChI=1S/C42H40ClN9O5S/c1-23-33(58-42-35(23)37(27-8-10-28(43)11-9-27)47-24(2)38(45)51(42)25(3)44)13-7-26-21-46-50(22-26)20-19-49-17-15-29(16-18-49)57-32-6-4-5-30-36(32)41(56)52(40(30)55)31-12-14-34(53)48-39(31)54/h4-6,8-11,21-22,24,29,31,44-45H,12,14-20H2,1-3H3,(H,48,53,54)/t24-,31?/m0/s1. The smallest absolute Gasteiger partial charge is 0.266 e. The number of likely N-dealkylation sites (tertiary alicyclic amines) is 1. The Labute approximate surface area is 343 Å². The number of carbonyl (C=O) groups excluding carboxylic acids is 4. The van der Waals surface area contributed by atoms with Gasteiger partial charge in [0.1, 0.15) is 40.6 Å². The average molecular weight is 818 g/mol. The van der Waals surface area contributed by atoms with Gasteiger partial charge in [-0.2, -0.15) is 5.10 Å². The molecule has 0 radical (unpaired) electrons. The summed E-state index contributed by atoms with van der Waals surface area (Å²) in [7, 11) is 0. The molecule has 0 saturated carbocycles. The van der Waals surface area contributed by atoms with Gasteiger partial charge in [-0.3, -0.25) is 54.8 Å². The van der Waals surface area contributed by atoms with Gasteiger partial charge in [0, 0.05) is 48.4 Å². The van der Waals surface area contributed by atoms with Gasteiger partial charge in [-0.1, -0.05) is 41.6 Å². The minimum atomic E-state index is -1.03. The maximum absolute atomic E-state index is 13.5. The number of halogens is 1. The fourth-order valence-electron chi connectivity index (χ4n) is 7.76. The van der Waals surface area contributed by atoms with Crippen LogP contribution in [0.15, 0.2) is 59.9 Å². The zero-order chi connectivity index (χ0) is 40.8. The van der Waals surface area contributed by atoms with Crippen molar-refractivity contribution >= 4 is 69.0 Å². The highest BCUT2D eigenvalue weighted by Crippen LogP contribution is 2.40. The first-order chi connectivity index (χ1) is 27.9. The summed E-state index contributed by atoms with van der Waals surface area (Å²) in [5, 5.41) is 25.6. The second-order valence-corrected chi connectivity index (χ2v) is 16.2. The molecule has 2 saturated heterocycles. The third-order valence-corrected chi connectivity index (χ3v) is 12.3. The molecule has 3 N–H and O–H groups in total. The van der Waals surface area contributed by atoms with Gasteiger partial charge in [0.2, 0.25) is 11.8 Å². The molecule has 1 unspecified atom stereocenters. The molecule has 4 amide bonds. The SMILES string of the molecule is CC(=N)N1C(=N)[C@H](C)N=C(c2ccc(Cl)cc2)c2c1sc(C#Cc1cnn(CCN3CCC(Oc4cccc5c4C(=O)N(C4CCC(=O)NC4=O)C5=O)CC3)c1)c2C. The molecular weight excluding hydrogens is 778 g/mol. The van der Waals surface area contributed by atoms with Crippen LogP contribution >= 0.6 is 22.9 Å². The lowest BCUT2D eigenvalue weighted by Gasteiger charge is -2.32. The number of aliphatic imine (C=N–C) groups is 1. The van der Waals surface area contributed by atoms with E-state index in [0.717, 1.165) is 75.2 Å². The zero-order valence-corrected chi connectivity index (χ0v) is 33.7. The van der Waals surface area contributed by atoms with Gasteiger partial charge >= 0.3 is 0 Å². The van der Waals surface area contributed by atoms with Crippen molar-refractivity contribution in [2.75, 3.05) is 24.5 Å². The second-order valence-electron chi connectivity index (χ2n) is 14.7. The molecule has 4 aliphatic heterocycles. The van der Waals surface area contributed by atoms with E-state index in [1.807, 2.05) is 49.0 Å². The first-order valence-electron chi connectivity index (χ1n) is 19.1. The van der Waals surface area contributed by atoms with E-state index in [9.17, 15) is 19.2 Å². The lowest BCUT2D eigenvalue weighted by molar-refractivity contribution is -0.136. The lowest BCUT2D eigenvalue weighted by Crippen LogP contribution is -2.54. The fraction of sp³-hybridized carbons (Fsp3) is 0.333. The number of amides is 4. The van der Waals surface area contributed by atoms with E-state index in [1.54, 1.807) is 36.2 Å². The topological polar surface area (TPSA) is 177 Å². The van der Waals surface area contributed by atoms with Crippen LogP contribution in [-0.2, 0) is 16.1 Å². The summed E-state index contributed by atoms with van der Waals surface area (Å²) in [6, 6.07) is 10.9. The number of ether oxygens (including phenoxy) is 1. The number of hydrogen-bond acceptors (Lipinski definition) is 11. The van der Waals surface area contributed by atoms with Gasteiger partial charge in [-0.15, -0.1) is 11.3 Å². The third-order valence-electron chi connectivity index (χ3n) is 10.8. The highest BCUT2D eigenvalue weighted by molar-refractivity contribution is 7.17. The molecule has 6 heterocycles. The summed E-state index contributed by atoms with van der Waals surface area (Å²) in [4.78, 5) is 61.6. The molecule has 4 aromatic rings. The predicted molar refractivity (Wildman–Crippen MR) is 221 cm³/mol. The van der Waals surface area contributed by atoms with Crippen molar-refractivity contribution in [1.29, 1.82) is 10.8 Å². The van der Waals surface area contributed by atoms with Crippen LogP contribution in [0.25, 0.3) is 0 Å². The van der Waals surface area contributed by atoms with Crippen LogP contribution in [0.2, 0.25) is 5.02 Å². The van der Waals surface area contributed by atoms with Gasteiger partial charge < -0.3 is 9.64 Å². The highest BCUT2D eigenvalue weighted by Gasteiger charge is 2.46. The van der Waals surface area contributed by atoms with Gasteiger partial charge in [0.15, 0.2) is 0 Å². The first-order valence-corrected chi connectivity index (χ1v) is 20.3. The largest absolute Gasteiger partial charge is 0.489 e. The van der Waals surface area contributed by atoms with E-state index in [-0.39, 0.29) is 41.7 Å². The third kappa shape index (κ3) is 7.34. The molecule has 2 aromatic heterocycles. The number of carbonyl (C=O) groups is 4. The van der Waals surface area contributed by atoms with E-state index >= 15 is 0 Å². The molecule has 58 heavy (non-hydrogen) atoms. The zero-order valence-electron chi connectivity index (χ0n) is 32.1. The Morgan fingerprint density at radius 2 is 1.78 bits per heavy atom. The Kier molecular flexibility index (Phi) is 10.6. The fourth-order valence-corrected chi connectivity index (χ4v) is 9.12. The van der Waals surface area contributed by atoms with E-state index < -0.39 is 35.7 Å². The first kappa shape index (κ1) is 38.9. The van der Waals surface area contributed by atoms with E-state index in [1.165, 1.54) is 11.3 Å². The number of rotatable bonds is 7. The van der Waals surface area contributed by atoms with Crippen LogP contribution in [0.3, 0.4) is 0 Å². The number of piperidine rings is 2. The number of aromatic nitrogens is 2. The average Bonchev–Trinajstić information content (AvgIpc) is 3.84. The lowest BCUT2D eigenvalue weighted by atomic mass is 9.99. The molecule has 14 nitrogen and oxygen atoms in total. The van der Waals surface area contributed by atoms with Crippen molar-refractivity contribution in [2.24, 2.45) is 4.99 Å². The number of benzene rings is 2. The van der Waals surface area contributed by atoms with Crippen LogP contribution < -0.4 is 15.0 Å². The maximum atomic E-state index is 13.5. The number of anilines is 1. The van der Waals surface area contributed by atoms with Crippen LogP contribution in [0, 0.1) is 29.6 Å². The van der Waals surface area contributed by atoms with Gasteiger partial charge in [0.25, 0.3) is 11.8 Å². The number of imide groups is 2. The van der Waals surface area contributed by atoms with Crippen molar-refractivity contribution in [3.05, 3.63) is 98.1 Å². The number of fused-ring (bicyclic) bond motifs is 2. The molecule has 0 bridgehead atoms. The summed E-state index contributed by atoms with van der Waals surface area (Å²) in [5.74, 6) is 5.20. The van der Waals surface area contributed by atoms with Gasteiger partial charge in [0.05, 0.1) is 40.0 Å². The normalized spacial score (nSPS) is 19.9. The molecular formula is C42H40ClN9O5S. The minimum absolute atomic E-state index is 0.0576. The number of hydrogen-bond donors (Lipinski definition) is 3. The number of thiophene rings is 1. The van der Waals surface area contributed by atoms with E-state index in [0.29, 0.717) is 17.3 Å².